The van der Waals surface area contributed by atoms with E-state index in [1.54, 1.807) is 12.3 Å². The van der Waals surface area contributed by atoms with Gasteiger partial charge in [0.15, 0.2) is 0 Å². The van der Waals surface area contributed by atoms with Crippen LogP contribution in [0.3, 0.4) is 0 Å². The van der Waals surface area contributed by atoms with Crippen LogP contribution >= 0.6 is 0 Å². The third-order valence-corrected chi connectivity index (χ3v) is 6.54. The average molecular weight is 483 g/mol. The predicted molar refractivity (Wildman–Crippen MR) is 141 cm³/mol. The molecule has 7 heteroatoms. The molecule has 37 heavy (non-hydrogen) atoms. The zero-order valence-electron chi connectivity index (χ0n) is 20.3. The Hall–Kier alpha value is -5.09. The quantitative estimate of drug-likeness (QED) is 0.287. The number of nitriles is 1. The van der Waals surface area contributed by atoms with Crippen LogP contribution in [0.1, 0.15) is 34.4 Å². The Morgan fingerprint density at radius 2 is 1.70 bits per heavy atom. The zero-order valence-corrected chi connectivity index (χ0v) is 20.3. The van der Waals surface area contributed by atoms with Crippen LogP contribution in [0.4, 0.5) is 0 Å². The van der Waals surface area contributed by atoms with Gasteiger partial charge in [0.1, 0.15) is 23.6 Å². The van der Waals surface area contributed by atoms with Crippen LogP contribution in [0.25, 0.3) is 33.3 Å². The summed E-state index contributed by atoms with van der Waals surface area (Å²) in [5.41, 5.74) is 8.66. The van der Waals surface area contributed by atoms with Gasteiger partial charge >= 0.3 is 0 Å². The molecule has 0 saturated carbocycles. The van der Waals surface area contributed by atoms with Gasteiger partial charge in [-0.2, -0.15) is 5.26 Å². The number of fused-ring (bicyclic) bond motifs is 1. The molecule has 0 unspecified atom stereocenters. The molecule has 6 aromatic rings. The highest BCUT2D eigenvalue weighted by molar-refractivity contribution is 5.95. The Bertz CT molecular complexity index is 1690. The van der Waals surface area contributed by atoms with Crippen molar-refractivity contribution in [2.75, 3.05) is 0 Å². The van der Waals surface area contributed by atoms with Crippen LogP contribution in [-0.4, -0.2) is 24.7 Å². The lowest BCUT2D eigenvalue weighted by Crippen LogP contribution is -2.13. The number of hydrogen-bond acceptors (Lipinski definition) is 6. The van der Waals surface area contributed by atoms with Gasteiger partial charge in [0.05, 0.1) is 22.4 Å². The van der Waals surface area contributed by atoms with Gasteiger partial charge in [-0.25, -0.2) is 4.98 Å². The summed E-state index contributed by atoms with van der Waals surface area (Å²) in [4.78, 5) is 14.0. The molecule has 178 valence electrons. The molecule has 0 radical (unpaired) electrons. The fourth-order valence-electron chi connectivity index (χ4n) is 4.85. The number of pyridine rings is 3. The molecule has 0 saturated heterocycles. The first-order valence-corrected chi connectivity index (χ1v) is 11.9. The van der Waals surface area contributed by atoms with Gasteiger partial charge in [-0.15, -0.1) is 0 Å². The molecule has 6 rings (SSSR count). The SMILES string of the molecule is Cc1noc(C)c1-c1cnc2c(-c3ccc(C#N)nc3)cn([C@H](c3ccccc3)c3ccccn3)c2c1. The normalized spacial score (nSPS) is 11.9. The minimum absolute atomic E-state index is 0.188. The number of rotatable bonds is 5. The maximum atomic E-state index is 9.22. The molecule has 1 atom stereocenters. The second-order valence-electron chi connectivity index (χ2n) is 8.85. The van der Waals surface area contributed by atoms with Crippen molar-refractivity contribution in [3.8, 4) is 28.3 Å². The molecular formula is C30H22N6O. The lowest BCUT2D eigenvalue weighted by atomic mass is 10.0. The monoisotopic (exact) mass is 482 g/mol. The summed E-state index contributed by atoms with van der Waals surface area (Å²) >= 11 is 0. The average Bonchev–Trinajstić information content (AvgIpc) is 3.49. The van der Waals surface area contributed by atoms with Crippen LogP contribution in [0.15, 0.2) is 96.0 Å². The number of aromatic nitrogens is 5. The maximum Gasteiger partial charge on any atom is 0.141 e. The van der Waals surface area contributed by atoms with E-state index in [1.165, 1.54) is 0 Å². The van der Waals surface area contributed by atoms with Crippen molar-refractivity contribution >= 4 is 11.0 Å². The van der Waals surface area contributed by atoms with E-state index in [0.29, 0.717) is 5.69 Å². The second kappa shape index (κ2) is 9.17. The van der Waals surface area contributed by atoms with E-state index in [4.69, 9.17) is 14.5 Å². The highest BCUT2D eigenvalue weighted by atomic mass is 16.5. The summed E-state index contributed by atoms with van der Waals surface area (Å²) in [7, 11) is 0. The fraction of sp³-hybridized carbons (Fsp3) is 0.100. The lowest BCUT2D eigenvalue weighted by Gasteiger charge is -2.20. The highest BCUT2D eigenvalue weighted by Gasteiger charge is 2.24. The van der Waals surface area contributed by atoms with E-state index in [9.17, 15) is 5.26 Å². The molecule has 0 spiro atoms. The first-order chi connectivity index (χ1) is 18.1. The summed E-state index contributed by atoms with van der Waals surface area (Å²) in [5, 5.41) is 13.4. The van der Waals surface area contributed by atoms with E-state index >= 15 is 0 Å². The smallest absolute Gasteiger partial charge is 0.141 e. The van der Waals surface area contributed by atoms with Crippen molar-refractivity contribution in [1.82, 2.24) is 24.7 Å². The van der Waals surface area contributed by atoms with Crippen LogP contribution < -0.4 is 0 Å². The van der Waals surface area contributed by atoms with Gasteiger partial charge in [-0.1, -0.05) is 41.6 Å². The first kappa shape index (κ1) is 22.4. The van der Waals surface area contributed by atoms with Crippen molar-refractivity contribution < 1.29 is 4.52 Å². The number of benzene rings is 1. The van der Waals surface area contributed by atoms with Gasteiger partial charge in [-0.05, 0) is 49.7 Å². The van der Waals surface area contributed by atoms with Gasteiger partial charge in [-0.3, -0.25) is 9.97 Å². The predicted octanol–water partition coefficient (Wildman–Crippen LogP) is 6.27. The van der Waals surface area contributed by atoms with E-state index in [-0.39, 0.29) is 6.04 Å². The van der Waals surface area contributed by atoms with Crippen molar-refractivity contribution in [3.05, 3.63) is 120 Å². The largest absolute Gasteiger partial charge is 0.361 e. The summed E-state index contributed by atoms with van der Waals surface area (Å²) in [6.07, 6.45) is 7.50. The Kier molecular flexibility index (Phi) is 5.55. The van der Waals surface area contributed by atoms with Crippen molar-refractivity contribution in [2.24, 2.45) is 0 Å². The van der Waals surface area contributed by atoms with Crippen LogP contribution in [0.2, 0.25) is 0 Å². The van der Waals surface area contributed by atoms with Crippen LogP contribution in [-0.2, 0) is 0 Å². The minimum Gasteiger partial charge on any atom is -0.361 e. The second-order valence-corrected chi connectivity index (χ2v) is 8.85. The molecule has 0 aliphatic heterocycles. The van der Waals surface area contributed by atoms with E-state index in [1.807, 2.05) is 68.7 Å². The molecule has 5 heterocycles. The Labute approximate surface area is 213 Å². The van der Waals surface area contributed by atoms with Crippen LogP contribution in [0.5, 0.6) is 0 Å². The molecule has 0 bridgehead atoms. The van der Waals surface area contributed by atoms with Crippen LogP contribution in [0, 0.1) is 25.2 Å². The third kappa shape index (κ3) is 3.95. The first-order valence-electron chi connectivity index (χ1n) is 11.9. The molecule has 1 aromatic carbocycles. The van der Waals surface area contributed by atoms with E-state index in [0.717, 1.165) is 56.0 Å². The standard InChI is InChI=1S/C30H22N6O/c1-19-28(20(2)37-35-19)23-14-27-29(34-17-23)25(22-11-12-24(15-31)33-16-22)18-36(27)30(21-8-4-3-5-9-21)26-10-6-7-13-32-26/h3-14,16-18,30H,1-2H3/t30-/m1/s1. The summed E-state index contributed by atoms with van der Waals surface area (Å²) in [5.74, 6) is 0.748. The van der Waals surface area contributed by atoms with Crippen molar-refractivity contribution in [3.63, 3.8) is 0 Å². The van der Waals surface area contributed by atoms with Gasteiger partial charge in [0.2, 0.25) is 0 Å². The summed E-state index contributed by atoms with van der Waals surface area (Å²) in [6.45, 7) is 3.84. The topological polar surface area (TPSA) is 93.4 Å². The highest BCUT2D eigenvalue weighted by Crippen LogP contribution is 2.38. The zero-order chi connectivity index (χ0) is 25.4. The lowest BCUT2D eigenvalue weighted by molar-refractivity contribution is 0.393. The number of hydrogen-bond donors (Lipinski definition) is 0. The van der Waals surface area contributed by atoms with Gasteiger partial charge < -0.3 is 9.09 Å². The molecule has 5 aromatic heterocycles. The summed E-state index contributed by atoms with van der Waals surface area (Å²) < 4.78 is 7.66. The molecule has 0 aliphatic carbocycles. The Balaban J connectivity index is 1.65. The molecule has 0 amide bonds. The Morgan fingerprint density at radius 1 is 0.892 bits per heavy atom. The molecule has 7 nitrogen and oxygen atoms in total. The minimum atomic E-state index is -0.188. The summed E-state index contributed by atoms with van der Waals surface area (Å²) in [6, 6.07) is 23.9. The fourth-order valence-corrected chi connectivity index (χ4v) is 4.85. The number of nitrogens with zero attached hydrogens (tertiary/aromatic N) is 6. The Morgan fingerprint density at radius 3 is 2.38 bits per heavy atom. The van der Waals surface area contributed by atoms with E-state index < -0.39 is 0 Å². The molecule has 0 aliphatic rings. The maximum absolute atomic E-state index is 9.22. The van der Waals surface area contributed by atoms with Crippen molar-refractivity contribution in [1.29, 1.82) is 5.26 Å². The molecule has 0 fully saturated rings. The van der Waals surface area contributed by atoms with Crippen molar-refractivity contribution in [2.45, 2.75) is 19.9 Å². The van der Waals surface area contributed by atoms with Gasteiger partial charge in [0.25, 0.3) is 0 Å². The third-order valence-electron chi connectivity index (χ3n) is 6.54. The molecule has 0 N–H and O–H groups in total. The molecular weight excluding hydrogens is 460 g/mol. The van der Waals surface area contributed by atoms with Gasteiger partial charge in [0, 0.05) is 47.0 Å². The van der Waals surface area contributed by atoms with E-state index in [2.05, 4.69) is 45.2 Å². The number of aryl methyl sites for hydroxylation is 2.